The Kier molecular flexibility index (Phi) is 5.12. The smallest absolute Gasteiger partial charge is 0.265 e. The average molecular weight is 397 g/mol. The Morgan fingerprint density at radius 3 is 2.61 bits per heavy atom. The number of aryl methyl sites for hydroxylation is 1. The summed E-state index contributed by atoms with van der Waals surface area (Å²) in [5.74, 6) is -1.09. The molecule has 1 aliphatic rings. The van der Waals surface area contributed by atoms with Gasteiger partial charge in [0.15, 0.2) is 5.78 Å². The second kappa shape index (κ2) is 7.37. The zero-order valence-electron chi connectivity index (χ0n) is 15.4. The molecule has 28 heavy (non-hydrogen) atoms. The number of Topliss-reactive ketones (excluding diaryl/α,β-unsaturated/α-hetero) is 1. The number of benzene rings is 2. The van der Waals surface area contributed by atoms with Crippen molar-refractivity contribution in [1.29, 1.82) is 5.26 Å². The van der Waals surface area contributed by atoms with Crippen LogP contribution in [0, 0.1) is 24.2 Å². The van der Waals surface area contributed by atoms with Crippen molar-refractivity contribution in [2.24, 2.45) is 11.7 Å². The van der Waals surface area contributed by atoms with Gasteiger partial charge in [0.1, 0.15) is 11.6 Å². The Bertz CT molecular complexity index is 1120. The minimum absolute atomic E-state index is 0.0509. The molecule has 7 nitrogen and oxygen atoms in total. The molecule has 0 bridgehead atoms. The van der Waals surface area contributed by atoms with Gasteiger partial charge in [-0.15, -0.1) is 0 Å². The first-order chi connectivity index (χ1) is 13.3. The lowest BCUT2D eigenvalue weighted by Gasteiger charge is -2.21. The van der Waals surface area contributed by atoms with Gasteiger partial charge in [0.25, 0.3) is 10.0 Å². The molecule has 2 aromatic rings. The number of hydrogen-bond donors (Lipinski definition) is 1. The quantitative estimate of drug-likeness (QED) is 0.774. The van der Waals surface area contributed by atoms with Crippen LogP contribution in [0.15, 0.2) is 64.8 Å². The number of ketones is 1. The third-order valence-corrected chi connectivity index (χ3v) is 6.63. The molecular formula is C20H19N3O4S. The molecule has 3 rings (SSSR count). The highest BCUT2D eigenvalue weighted by molar-refractivity contribution is 7.89. The van der Waals surface area contributed by atoms with Gasteiger partial charge in [0.2, 0.25) is 0 Å². The summed E-state index contributed by atoms with van der Waals surface area (Å²) in [6, 6.07) is 14.9. The normalized spacial score (nSPS) is 16.8. The first-order valence-corrected chi connectivity index (χ1v) is 9.91. The largest absolute Gasteiger partial charge is 0.497 e. The number of nitrogens with zero attached hydrogens (tertiary/aromatic N) is 2. The molecule has 0 saturated carbocycles. The van der Waals surface area contributed by atoms with E-state index in [0.717, 1.165) is 4.31 Å². The van der Waals surface area contributed by atoms with Crippen LogP contribution in [0.4, 0.5) is 0 Å². The average Bonchev–Trinajstić information content (AvgIpc) is 3.04. The fraction of sp³-hybridized carbons (Fsp3) is 0.200. The van der Waals surface area contributed by atoms with E-state index in [1.165, 1.54) is 13.2 Å². The minimum Gasteiger partial charge on any atom is -0.497 e. The molecule has 1 aliphatic heterocycles. The summed E-state index contributed by atoms with van der Waals surface area (Å²) in [6.07, 6.45) is 0. The van der Waals surface area contributed by atoms with Crippen LogP contribution < -0.4 is 10.5 Å². The van der Waals surface area contributed by atoms with Gasteiger partial charge in [-0.1, -0.05) is 30.3 Å². The number of sulfonamides is 1. The lowest BCUT2D eigenvalue weighted by atomic mass is 9.93. The van der Waals surface area contributed by atoms with E-state index in [4.69, 9.17) is 10.5 Å². The van der Waals surface area contributed by atoms with E-state index in [2.05, 4.69) is 0 Å². The van der Waals surface area contributed by atoms with Crippen molar-refractivity contribution in [3.8, 4) is 11.8 Å². The molecule has 1 atom stereocenters. The van der Waals surface area contributed by atoms with Gasteiger partial charge in [-0.2, -0.15) is 5.26 Å². The maximum absolute atomic E-state index is 13.1. The molecule has 144 valence electrons. The standard InChI is InChI=1S/C20H19N3O4S/c1-13-6-3-4-9-18(13)28(25,26)23-12-17(16(11-21)20(23)22)19(24)14-7-5-8-15(10-14)27-2/h3-10,17H,12,22H2,1-2H3. The van der Waals surface area contributed by atoms with Crippen LogP contribution >= 0.6 is 0 Å². The second-order valence-electron chi connectivity index (χ2n) is 6.36. The molecule has 0 radical (unpaired) electrons. The predicted molar refractivity (Wildman–Crippen MR) is 103 cm³/mol. The highest BCUT2D eigenvalue weighted by Crippen LogP contribution is 2.33. The Morgan fingerprint density at radius 1 is 1.25 bits per heavy atom. The van der Waals surface area contributed by atoms with Crippen molar-refractivity contribution in [1.82, 2.24) is 4.31 Å². The van der Waals surface area contributed by atoms with E-state index in [1.54, 1.807) is 49.4 Å². The number of carbonyl (C=O) groups excluding carboxylic acids is 1. The molecule has 0 aromatic heterocycles. The number of methoxy groups -OCH3 is 1. The van der Waals surface area contributed by atoms with Gasteiger partial charge in [-0.05, 0) is 30.7 Å². The van der Waals surface area contributed by atoms with E-state index in [9.17, 15) is 18.5 Å². The SMILES string of the molecule is COc1cccc(C(=O)C2CN(S(=O)(=O)c3ccccc3C)C(N)=C2C#N)c1. The Morgan fingerprint density at radius 2 is 1.96 bits per heavy atom. The number of hydrogen-bond acceptors (Lipinski definition) is 6. The van der Waals surface area contributed by atoms with Crippen molar-refractivity contribution >= 4 is 15.8 Å². The van der Waals surface area contributed by atoms with Gasteiger partial charge in [-0.25, -0.2) is 12.7 Å². The summed E-state index contributed by atoms with van der Waals surface area (Å²) >= 11 is 0. The predicted octanol–water partition coefficient (Wildman–Crippen LogP) is 2.20. The summed E-state index contributed by atoms with van der Waals surface area (Å²) < 4.78 is 32.3. The summed E-state index contributed by atoms with van der Waals surface area (Å²) in [4.78, 5) is 13.1. The molecule has 0 amide bonds. The van der Waals surface area contributed by atoms with Crippen LogP contribution in [-0.2, 0) is 10.0 Å². The molecule has 2 aromatic carbocycles. The van der Waals surface area contributed by atoms with Gasteiger partial charge in [0.05, 0.1) is 36.1 Å². The van der Waals surface area contributed by atoms with Crippen LogP contribution in [0.25, 0.3) is 0 Å². The van der Waals surface area contributed by atoms with E-state index in [0.29, 0.717) is 16.9 Å². The molecule has 2 N–H and O–H groups in total. The minimum atomic E-state index is -4.00. The molecule has 0 aliphatic carbocycles. The van der Waals surface area contributed by atoms with Crippen LogP contribution in [0.5, 0.6) is 5.75 Å². The number of nitrogens with two attached hydrogens (primary N) is 1. The first kappa shape index (κ1) is 19.5. The van der Waals surface area contributed by atoms with Crippen LogP contribution in [0.2, 0.25) is 0 Å². The first-order valence-electron chi connectivity index (χ1n) is 8.47. The van der Waals surface area contributed by atoms with Gasteiger partial charge >= 0.3 is 0 Å². The molecule has 8 heteroatoms. The Labute approximate surface area is 163 Å². The van der Waals surface area contributed by atoms with E-state index >= 15 is 0 Å². The Balaban J connectivity index is 2.01. The summed E-state index contributed by atoms with van der Waals surface area (Å²) in [5.41, 5.74) is 6.82. The molecule has 1 heterocycles. The van der Waals surface area contributed by atoms with Gasteiger partial charge in [0, 0.05) is 5.56 Å². The monoisotopic (exact) mass is 397 g/mol. The van der Waals surface area contributed by atoms with Gasteiger partial charge < -0.3 is 10.5 Å². The van der Waals surface area contributed by atoms with E-state index in [1.807, 2.05) is 6.07 Å². The van der Waals surface area contributed by atoms with E-state index < -0.39 is 15.9 Å². The molecule has 0 fully saturated rings. The molecule has 0 saturated heterocycles. The Hall–Kier alpha value is -3.31. The number of nitriles is 1. The third kappa shape index (κ3) is 3.21. The van der Waals surface area contributed by atoms with Crippen LogP contribution in [0.1, 0.15) is 15.9 Å². The maximum atomic E-state index is 13.1. The lowest BCUT2D eigenvalue weighted by molar-refractivity contribution is 0.0941. The molecule has 1 unspecified atom stereocenters. The topological polar surface area (TPSA) is 113 Å². The number of ether oxygens (including phenoxy) is 1. The fourth-order valence-electron chi connectivity index (χ4n) is 3.19. The summed E-state index contributed by atoms with van der Waals surface area (Å²) in [7, 11) is -2.52. The maximum Gasteiger partial charge on any atom is 0.265 e. The molecular weight excluding hydrogens is 378 g/mol. The van der Waals surface area contributed by atoms with Crippen molar-refractivity contribution in [2.45, 2.75) is 11.8 Å². The second-order valence-corrected chi connectivity index (χ2v) is 8.19. The van der Waals surface area contributed by atoms with Gasteiger partial charge in [-0.3, -0.25) is 4.79 Å². The van der Waals surface area contributed by atoms with Crippen LogP contribution in [0.3, 0.4) is 0 Å². The van der Waals surface area contributed by atoms with Crippen molar-refractivity contribution in [3.63, 3.8) is 0 Å². The fourth-order valence-corrected chi connectivity index (χ4v) is 4.85. The van der Waals surface area contributed by atoms with Crippen LogP contribution in [-0.4, -0.2) is 32.2 Å². The van der Waals surface area contributed by atoms with Crippen molar-refractivity contribution in [3.05, 3.63) is 71.1 Å². The highest BCUT2D eigenvalue weighted by atomic mass is 32.2. The zero-order valence-corrected chi connectivity index (χ0v) is 16.2. The van der Waals surface area contributed by atoms with E-state index in [-0.39, 0.29) is 28.6 Å². The lowest BCUT2D eigenvalue weighted by Crippen LogP contribution is -2.34. The van der Waals surface area contributed by atoms with Crippen molar-refractivity contribution in [2.75, 3.05) is 13.7 Å². The number of rotatable bonds is 5. The summed E-state index contributed by atoms with van der Waals surface area (Å²) in [5, 5.41) is 9.53. The zero-order chi connectivity index (χ0) is 20.5. The van der Waals surface area contributed by atoms with Crippen molar-refractivity contribution < 1.29 is 17.9 Å². The summed E-state index contributed by atoms with van der Waals surface area (Å²) in [6.45, 7) is 1.45. The third-order valence-electron chi connectivity index (χ3n) is 4.69. The highest BCUT2D eigenvalue weighted by Gasteiger charge is 2.41. The molecule has 0 spiro atoms. The number of carbonyl (C=O) groups is 1.